The fourth-order valence-electron chi connectivity index (χ4n) is 1.90. The first-order valence-corrected chi connectivity index (χ1v) is 6.90. The predicted molar refractivity (Wildman–Crippen MR) is 71.0 cm³/mol. The van der Waals surface area contributed by atoms with E-state index >= 15 is 0 Å². The Bertz CT molecular complexity index is 337. The number of aromatic nitrogens is 1. The van der Waals surface area contributed by atoms with Gasteiger partial charge in [0.05, 0.1) is 0 Å². The third-order valence-corrected chi connectivity index (χ3v) is 4.15. The second-order valence-corrected chi connectivity index (χ2v) is 5.51. The van der Waals surface area contributed by atoms with Crippen LogP contribution in [0.3, 0.4) is 0 Å². The van der Waals surface area contributed by atoms with Crippen molar-refractivity contribution >= 4 is 17.6 Å². The van der Waals surface area contributed by atoms with Gasteiger partial charge in [0.25, 0.3) is 0 Å². The van der Waals surface area contributed by atoms with Crippen molar-refractivity contribution in [2.24, 2.45) is 5.73 Å². The Morgan fingerprint density at radius 2 is 2.38 bits per heavy atom. The van der Waals surface area contributed by atoms with E-state index in [9.17, 15) is 0 Å². The summed E-state index contributed by atoms with van der Waals surface area (Å²) in [6.07, 6.45) is 1.90. The summed E-state index contributed by atoms with van der Waals surface area (Å²) in [6, 6.07) is 4.82. The highest BCUT2D eigenvalue weighted by atomic mass is 32.2. The van der Waals surface area contributed by atoms with Crippen LogP contribution in [0.15, 0.2) is 18.3 Å². The van der Waals surface area contributed by atoms with Crippen LogP contribution in [0.1, 0.15) is 25.5 Å². The molecule has 0 aromatic carbocycles. The van der Waals surface area contributed by atoms with Crippen molar-refractivity contribution < 1.29 is 0 Å². The van der Waals surface area contributed by atoms with Gasteiger partial charge in [-0.25, -0.2) is 4.98 Å². The number of hydrogen-bond acceptors (Lipinski definition) is 4. The van der Waals surface area contributed by atoms with E-state index in [1.54, 1.807) is 0 Å². The summed E-state index contributed by atoms with van der Waals surface area (Å²) >= 11 is 2.02. The molecular weight excluding hydrogens is 218 g/mol. The maximum absolute atomic E-state index is 5.81. The number of thioether (sulfide) groups is 1. The van der Waals surface area contributed by atoms with Gasteiger partial charge in [-0.2, -0.15) is 11.8 Å². The topological polar surface area (TPSA) is 42.1 Å². The van der Waals surface area contributed by atoms with Crippen molar-refractivity contribution in [2.45, 2.75) is 25.9 Å². The van der Waals surface area contributed by atoms with Gasteiger partial charge >= 0.3 is 0 Å². The minimum absolute atomic E-state index is 0.0656. The average molecular weight is 237 g/mol. The minimum atomic E-state index is 0.0656. The Morgan fingerprint density at radius 3 is 2.94 bits per heavy atom. The smallest absolute Gasteiger partial charge is 0.128 e. The van der Waals surface area contributed by atoms with Gasteiger partial charge in [0.1, 0.15) is 5.82 Å². The van der Waals surface area contributed by atoms with Gasteiger partial charge in [-0.1, -0.05) is 6.07 Å². The normalized spacial score (nSPS) is 23.2. The molecule has 16 heavy (non-hydrogen) atoms. The van der Waals surface area contributed by atoms with Crippen molar-refractivity contribution in [3.05, 3.63) is 23.9 Å². The highest BCUT2D eigenvalue weighted by Gasteiger charge is 2.19. The minimum Gasteiger partial charge on any atom is -0.352 e. The molecule has 1 aliphatic heterocycles. The predicted octanol–water partition coefficient (Wildman–Crippen LogP) is 2.04. The van der Waals surface area contributed by atoms with Gasteiger partial charge in [0.15, 0.2) is 0 Å². The molecule has 1 unspecified atom stereocenters. The molecule has 2 rings (SSSR count). The summed E-state index contributed by atoms with van der Waals surface area (Å²) in [5.74, 6) is 3.47. The molecule has 0 saturated carbocycles. The van der Waals surface area contributed by atoms with Crippen molar-refractivity contribution in [3.8, 4) is 0 Å². The van der Waals surface area contributed by atoms with E-state index in [0.29, 0.717) is 6.04 Å². The molecule has 88 valence electrons. The third kappa shape index (κ3) is 2.50. The molecular formula is C12H19N3S. The molecule has 0 bridgehead atoms. The summed E-state index contributed by atoms with van der Waals surface area (Å²) < 4.78 is 0. The first kappa shape index (κ1) is 11.7. The lowest BCUT2D eigenvalue weighted by atomic mass is 10.1. The molecule has 2 atom stereocenters. The molecule has 1 fully saturated rings. The van der Waals surface area contributed by atoms with E-state index in [2.05, 4.69) is 28.9 Å². The van der Waals surface area contributed by atoms with Gasteiger partial charge < -0.3 is 10.6 Å². The summed E-state index contributed by atoms with van der Waals surface area (Å²) in [7, 11) is 0. The Hall–Kier alpha value is -0.740. The molecule has 0 radical (unpaired) electrons. The zero-order chi connectivity index (χ0) is 11.5. The molecule has 3 nitrogen and oxygen atoms in total. The lowest BCUT2D eigenvalue weighted by Crippen LogP contribution is -2.40. The van der Waals surface area contributed by atoms with Crippen molar-refractivity contribution in [2.75, 3.05) is 23.0 Å². The molecule has 1 saturated heterocycles. The Kier molecular flexibility index (Phi) is 3.71. The third-order valence-electron chi connectivity index (χ3n) is 2.96. The molecule has 1 aromatic rings. The van der Waals surface area contributed by atoms with Crippen molar-refractivity contribution in [1.82, 2.24) is 4.98 Å². The zero-order valence-electron chi connectivity index (χ0n) is 9.89. The van der Waals surface area contributed by atoms with E-state index < -0.39 is 0 Å². The first-order valence-electron chi connectivity index (χ1n) is 5.74. The van der Waals surface area contributed by atoms with Crippen LogP contribution in [-0.4, -0.2) is 29.1 Å². The van der Waals surface area contributed by atoms with Gasteiger partial charge in [0.2, 0.25) is 0 Å². The molecule has 0 spiro atoms. The number of rotatable bonds is 2. The van der Waals surface area contributed by atoms with Crippen LogP contribution >= 0.6 is 11.8 Å². The van der Waals surface area contributed by atoms with Gasteiger partial charge in [-0.15, -0.1) is 0 Å². The SMILES string of the molecule is CC1CSCCN1c1ccc([C@H](C)N)cn1. The second-order valence-electron chi connectivity index (χ2n) is 4.36. The maximum atomic E-state index is 5.81. The van der Waals surface area contributed by atoms with E-state index in [4.69, 9.17) is 5.73 Å². The number of nitrogens with two attached hydrogens (primary N) is 1. The molecule has 0 aliphatic carbocycles. The van der Waals surface area contributed by atoms with E-state index in [1.807, 2.05) is 24.9 Å². The Labute approximate surface area is 101 Å². The van der Waals surface area contributed by atoms with Crippen molar-refractivity contribution in [1.29, 1.82) is 0 Å². The lowest BCUT2D eigenvalue weighted by molar-refractivity contribution is 0.688. The number of pyridine rings is 1. The fraction of sp³-hybridized carbons (Fsp3) is 0.583. The van der Waals surface area contributed by atoms with Crippen LogP contribution in [0, 0.1) is 0 Å². The summed E-state index contributed by atoms with van der Waals surface area (Å²) in [4.78, 5) is 6.89. The standard InChI is InChI=1S/C12H19N3S/c1-9-8-16-6-5-15(9)12-4-3-11(7-14-12)10(2)13/h3-4,7,9-10H,5-6,8,13H2,1-2H3/t9?,10-/m0/s1. The summed E-state index contributed by atoms with van der Waals surface area (Å²) in [5, 5.41) is 0. The van der Waals surface area contributed by atoms with Crippen LogP contribution in [-0.2, 0) is 0 Å². The Balaban J connectivity index is 2.14. The molecule has 2 heterocycles. The molecule has 4 heteroatoms. The summed E-state index contributed by atoms with van der Waals surface area (Å²) in [6.45, 7) is 5.33. The van der Waals surface area contributed by atoms with Crippen LogP contribution < -0.4 is 10.6 Å². The first-order chi connectivity index (χ1) is 7.68. The van der Waals surface area contributed by atoms with E-state index in [0.717, 1.165) is 17.9 Å². The highest BCUT2D eigenvalue weighted by molar-refractivity contribution is 7.99. The van der Waals surface area contributed by atoms with E-state index in [-0.39, 0.29) is 6.04 Å². The molecule has 0 amide bonds. The van der Waals surface area contributed by atoms with Crippen molar-refractivity contribution in [3.63, 3.8) is 0 Å². The van der Waals surface area contributed by atoms with Gasteiger partial charge in [-0.3, -0.25) is 0 Å². The zero-order valence-corrected chi connectivity index (χ0v) is 10.7. The molecule has 2 N–H and O–H groups in total. The fourth-order valence-corrected chi connectivity index (χ4v) is 2.92. The van der Waals surface area contributed by atoms with Crippen LogP contribution in [0.4, 0.5) is 5.82 Å². The van der Waals surface area contributed by atoms with Gasteiger partial charge in [-0.05, 0) is 25.5 Å². The largest absolute Gasteiger partial charge is 0.352 e. The second kappa shape index (κ2) is 5.06. The number of hydrogen-bond donors (Lipinski definition) is 1. The summed E-state index contributed by atoms with van der Waals surface area (Å²) in [5.41, 5.74) is 6.91. The monoisotopic (exact) mass is 237 g/mol. The quantitative estimate of drug-likeness (QED) is 0.855. The van der Waals surface area contributed by atoms with Crippen LogP contribution in [0.5, 0.6) is 0 Å². The molecule has 1 aliphatic rings. The number of anilines is 1. The van der Waals surface area contributed by atoms with Crippen LogP contribution in [0.25, 0.3) is 0 Å². The Morgan fingerprint density at radius 1 is 1.56 bits per heavy atom. The molecule has 1 aromatic heterocycles. The maximum Gasteiger partial charge on any atom is 0.128 e. The highest BCUT2D eigenvalue weighted by Crippen LogP contribution is 2.22. The van der Waals surface area contributed by atoms with Gasteiger partial charge in [0, 0.05) is 36.3 Å². The average Bonchev–Trinajstić information content (AvgIpc) is 2.30. The number of nitrogens with zero attached hydrogens (tertiary/aromatic N) is 2. The van der Waals surface area contributed by atoms with E-state index in [1.165, 1.54) is 11.5 Å². The lowest BCUT2D eigenvalue weighted by Gasteiger charge is -2.34. The van der Waals surface area contributed by atoms with Crippen LogP contribution in [0.2, 0.25) is 0 Å².